The molecule has 1 saturated heterocycles. The van der Waals surface area contributed by atoms with Crippen molar-refractivity contribution < 1.29 is 13.7 Å². The summed E-state index contributed by atoms with van der Waals surface area (Å²) in [5.74, 6) is -0.282. The van der Waals surface area contributed by atoms with E-state index in [9.17, 15) is 9.00 Å². The second-order valence-electron chi connectivity index (χ2n) is 7.81. The Balaban J connectivity index is 1.43. The van der Waals surface area contributed by atoms with Gasteiger partial charge in [-0.05, 0) is 30.3 Å². The van der Waals surface area contributed by atoms with Gasteiger partial charge in [0, 0.05) is 30.5 Å². The van der Waals surface area contributed by atoms with Gasteiger partial charge in [-0.15, -0.1) is 0 Å². The number of rotatable bonds is 6. The molecule has 1 aliphatic heterocycles. The summed E-state index contributed by atoms with van der Waals surface area (Å²) in [7, 11) is -1.31. The molecule has 1 atom stereocenters. The third-order valence-electron chi connectivity index (χ3n) is 5.52. The summed E-state index contributed by atoms with van der Waals surface area (Å²) in [4.78, 5) is 14.0. The van der Waals surface area contributed by atoms with Crippen molar-refractivity contribution in [3.05, 3.63) is 96.7 Å². The number of para-hydroxylation sites is 1. The number of nitrogens with one attached hydrogen (secondary N) is 1. The number of aromatic nitrogens is 2. The summed E-state index contributed by atoms with van der Waals surface area (Å²) in [6.07, 6.45) is 1.74. The number of benzene rings is 3. The first-order chi connectivity index (χ1) is 16.7. The van der Waals surface area contributed by atoms with E-state index in [1.165, 1.54) is 0 Å². The molecule has 1 unspecified atom stereocenters. The van der Waals surface area contributed by atoms with Crippen molar-refractivity contribution in [2.24, 2.45) is 0 Å². The Labute approximate surface area is 200 Å². The van der Waals surface area contributed by atoms with E-state index in [0.717, 1.165) is 11.3 Å². The quantitative estimate of drug-likeness (QED) is 0.458. The second kappa shape index (κ2) is 10.1. The molecule has 3 aromatic carbocycles. The standard InChI is InChI=1S/C26H24N4O3S/c31-26(27-21-10-7-13-23(18-21)34(32)29-14-16-33-17-15-29)24-19-30(22-11-5-2-6-12-22)28-25(24)20-8-3-1-4-9-20/h1-13,18-19H,14-17H2,(H,27,31). The van der Waals surface area contributed by atoms with Gasteiger partial charge in [-0.1, -0.05) is 54.6 Å². The fourth-order valence-electron chi connectivity index (χ4n) is 3.80. The molecule has 7 nitrogen and oxygen atoms in total. The van der Waals surface area contributed by atoms with Gasteiger partial charge < -0.3 is 10.1 Å². The lowest BCUT2D eigenvalue weighted by Crippen LogP contribution is -2.37. The molecule has 0 radical (unpaired) electrons. The number of carbonyl (C=O) groups is 1. The lowest BCUT2D eigenvalue weighted by Gasteiger charge is -2.25. The molecule has 8 heteroatoms. The number of carbonyl (C=O) groups excluding carboxylic acids is 1. The Morgan fingerprint density at radius 3 is 2.35 bits per heavy atom. The summed E-state index contributed by atoms with van der Waals surface area (Å²) in [5.41, 5.74) is 3.34. The number of ether oxygens (including phenoxy) is 1. The maximum absolute atomic E-state index is 13.4. The van der Waals surface area contributed by atoms with E-state index in [1.807, 2.05) is 71.0 Å². The molecule has 0 spiro atoms. The molecule has 0 saturated carbocycles. The van der Waals surface area contributed by atoms with Crippen LogP contribution >= 0.6 is 0 Å². The first kappa shape index (κ1) is 22.2. The molecule has 1 amide bonds. The van der Waals surface area contributed by atoms with Gasteiger partial charge in [0.2, 0.25) is 0 Å². The van der Waals surface area contributed by atoms with E-state index in [4.69, 9.17) is 9.84 Å². The van der Waals surface area contributed by atoms with Crippen LogP contribution in [-0.2, 0) is 15.7 Å². The summed E-state index contributed by atoms with van der Waals surface area (Å²) < 4.78 is 21.9. The van der Waals surface area contributed by atoms with Gasteiger partial charge in [0.25, 0.3) is 5.91 Å². The number of nitrogens with zero attached hydrogens (tertiary/aromatic N) is 3. The zero-order chi connectivity index (χ0) is 23.3. The second-order valence-corrected chi connectivity index (χ2v) is 9.30. The number of hydrogen-bond acceptors (Lipinski definition) is 4. The van der Waals surface area contributed by atoms with E-state index in [1.54, 1.807) is 29.1 Å². The lowest BCUT2D eigenvalue weighted by molar-refractivity contribution is 0.0752. The van der Waals surface area contributed by atoms with E-state index >= 15 is 0 Å². The molecule has 0 bridgehead atoms. The van der Waals surface area contributed by atoms with Crippen LogP contribution in [0.1, 0.15) is 10.4 Å². The van der Waals surface area contributed by atoms with Crippen LogP contribution in [0.4, 0.5) is 5.69 Å². The van der Waals surface area contributed by atoms with Crippen LogP contribution in [0.2, 0.25) is 0 Å². The first-order valence-corrected chi connectivity index (χ1v) is 12.2. The van der Waals surface area contributed by atoms with Gasteiger partial charge in [0.05, 0.1) is 29.4 Å². The SMILES string of the molecule is O=C(Nc1cccc(S(=O)N2CCOCC2)c1)c1cn(-c2ccccc2)nc1-c1ccccc1. The summed E-state index contributed by atoms with van der Waals surface area (Å²) in [6.45, 7) is 2.36. The molecule has 172 valence electrons. The van der Waals surface area contributed by atoms with Crippen molar-refractivity contribution in [2.75, 3.05) is 31.6 Å². The summed E-state index contributed by atoms with van der Waals surface area (Å²) >= 11 is 0. The van der Waals surface area contributed by atoms with Crippen LogP contribution in [0.5, 0.6) is 0 Å². The number of amides is 1. The van der Waals surface area contributed by atoms with Crippen molar-refractivity contribution >= 4 is 22.6 Å². The van der Waals surface area contributed by atoms with Gasteiger partial charge in [-0.3, -0.25) is 4.79 Å². The van der Waals surface area contributed by atoms with Crippen LogP contribution in [0.3, 0.4) is 0 Å². The first-order valence-electron chi connectivity index (χ1n) is 11.1. The molecule has 34 heavy (non-hydrogen) atoms. The predicted octanol–water partition coefficient (Wildman–Crippen LogP) is 4.15. The Morgan fingerprint density at radius 1 is 0.912 bits per heavy atom. The average Bonchev–Trinajstić information content (AvgIpc) is 3.36. The van der Waals surface area contributed by atoms with Crippen molar-refractivity contribution in [1.29, 1.82) is 0 Å². The topological polar surface area (TPSA) is 76.5 Å². The summed E-state index contributed by atoms with van der Waals surface area (Å²) in [6, 6.07) is 26.5. The minimum atomic E-state index is -1.31. The van der Waals surface area contributed by atoms with E-state index in [2.05, 4.69) is 5.32 Å². The molecule has 1 aliphatic rings. The highest BCUT2D eigenvalue weighted by atomic mass is 32.2. The van der Waals surface area contributed by atoms with E-state index in [-0.39, 0.29) is 5.91 Å². The highest BCUT2D eigenvalue weighted by Crippen LogP contribution is 2.25. The lowest BCUT2D eigenvalue weighted by atomic mass is 10.1. The van der Waals surface area contributed by atoms with Gasteiger partial charge in [0.15, 0.2) is 0 Å². The predicted molar refractivity (Wildman–Crippen MR) is 132 cm³/mol. The third kappa shape index (κ3) is 4.84. The fraction of sp³-hybridized carbons (Fsp3) is 0.154. The Hall–Kier alpha value is -3.59. The van der Waals surface area contributed by atoms with Crippen LogP contribution in [0, 0.1) is 0 Å². The Kier molecular flexibility index (Phi) is 6.62. The molecule has 4 aromatic rings. The molecule has 1 fully saturated rings. The minimum absolute atomic E-state index is 0.282. The molecular formula is C26H24N4O3S. The number of anilines is 1. The fourth-order valence-corrected chi connectivity index (χ4v) is 5.01. The highest BCUT2D eigenvalue weighted by molar-refractivity contribution is 7.82. The molecular weight excluding hydrogens is 448 g/mol. The largest absolute Gasteiger partial charge is 0.379 e. The molecule has 1 aromatic heterocycles. The Bertz CT molecular complexity index is 1300. The van der Waals surface area contributed by atoms with Gasteiger partial charge in [-0.2, -0.15) is 5.10 Å². The minimum Gasteiger partial charge on any atom is -0.379 e. The van der Waals surface area contributed by atoms with E-state index < -0.39 is 11.0 Å². The number of morpholine rings is 1. The van der Waals surface area contributed by atoms with Crippen molar-refractivity contribution in [3.8, 4) is 16.9 Å². The van der Waals surface area contributed by atoms with Crippen LogP contribution < -0.4 is 5.32 Å². The smallest absolute Gasteiger partial charge is 0.259 e. The van der Waals surface area contributed by atoms with Gasteiger partial charge >= 0.3 is 0 Å². The van der Waals surface area contributed by atoms with Crippen LogP contribution in [0.15, 0.2) is 96.0 Å². The Morgan fingerprint density at radius 2 is 1.62 bits per heavy atom. The normalized spacial score (nSPS) is 15.1. The molecule has 0 aliphatic carbocycles. The monoisotopic (exact) mass is 472 g/mol. The van der Waals surface area contributed by atoms with Crippen molar-refractivity contribution in [1.82, 2.24) is 14.1 Å². The van der Waals surface area contributed by atoms with Crippen LogP contribution in [-0.4, -0.2) is 50.5 Å². The van der Waals surface area contributed by atoms with Crippen LogP contribution in [0.25, 0.3) is 16.9 Å². The molecule has 1 N–H and O–H groups in total. The van der Waals surface area contributed by atoms with Crippen molar-refractivity contribution in [3.63, 3.8) is 0 Å². The maximum Gasteiger partial charge on any atom is 0.259 e. The van der Waals surface area contributed by atoms with Gasteiger partial charge in [0.1, 0.15) is 16.7 Å². The zero-order valence-electron chi connectivity index (χ0n) is 18.5. The number of hydrogen-bond donors (Lipinski definition) is 1. The molecule has 5 rings (SSSR count). The third-order valence-corrected chi connectivity index (χ3v) is 7.02. The maximum atomic E-state index is 13.4. The summed E-state index contributed by atoms with van der Waals surface area (Å²) in [5, 5.41) is 7.67. The average molecular weight is 473 g/mol. The molecule has 2 heterocycles. The van der Waals surface area contributed by atoms with Crippen molar-refractivity contribution in [2.45, 2.75) is 4.90 Å². The van der Waals surface area contributed by atoms with Gasteiger partial charge in [-0.25, -0.2) is 13.2 Å². The highest BCUT2D eigenvalue weighted by Gasteiger charge is 2.21. The van der Waals surface area contributed by atoms with E-state index in [0.29, 0.717) is 48.1 Å². The zero-order valence-corrected chi connectivity index (χ0v) is 19.3.